The summed E-state index contributed by atoms with van der Waals surface area (Å²) in [5.41, 5.74) is 7.77. The quantitative estimate of drug-likeness (QED) is 0.401. The van der Waals surface area contributed by atoms with E-state index in [0.29, 0.717) is 10.9 Å². The highest BCUT2D eigenvalue weighted by atomic mass is 16.2. The predicted molar refractivity (Wildman–Crippen MR) is 150 cm³/mol. The summed E-state index contributed by atoms with van der Waals surface area (Å²) in [5, 5.41) is 4.25. The summed E-state index contributed by atoms with van der Waals surface area (Å²) >= 11 is 0. The smallest absolute Gasteiger partial charge is 0.331 e. The van der Waals surface area contributed by atoms with Crippen LogP contribution >= 0.6 is 0 Å². The number of nitrogens with zero attached hydrogens (tertiary/aromatic N) is 4. The number of anilines is 2. The monoisotopic (exact) mass is 491 g/mol. The molecule has 1 atom stereocenters. The average molecular weight is 492 g/mol. The molecule has 7 heteroatoms. The first-order chi connectivity index (χ1) is 17.8. The lowest BCUT2D eigenvalue weighted by Crippen LogP contribution is -2.37. The van der Waals surface area contributed by atoms with Crippen molar-refractivity contribution < 1.29 is 0 Å². The van der Waals surface area contributed by atoms with Crippen LogP contribution in [0.5, 0.6) is 0 Å². The van der Waals surface area contributed by atoms with Gasteiger partial charge in [-0.3, -0.25) is 13.9 Å². The van der Waals surface area contributed by atoms with Gasteiger partial charge in [-0.05, 0) is 48.4 Å². The fourth-order valence-electron chi connectivity index (χ4n) is 5.50. The van der Waals surface area contributed by atoms with Gasteiger partial charge in [0.05, 0.1) is 39.7 Å². The first-order valence-electron chi connectivity index (χ1n) is 12.3. The maximum absolute atomic E-state index is 13.8. The van der Waals surface area contributed by atoms with E-state index in [9.17, 15) is 9.59 Å². The zero-order chi connectivity index (χ0) is 26.0. The lowest BCUT2D eigenvalue weighted by molar-refractivity contribution is 0.708. The summed E-state index contributed by atoms with van der Waals surface area (Å²) in [7, 11) is 7.33. The van der Waals surface area contributed by atoms with E-state index in [0.717, 1.165) is 45.1 Å². The Morgan fingerprint density at radius 2 is 1.59 bits per heavy atom. The number of para-hydroxylation sites is 2. The van der Waals surface area contributed by atoms with Crippen molar-refractivity contribution in [2.45, 2.75) is 13.0 Å². The molecule has 0 unspecified atom stereocenters. The molecular formula is C30H29N5O2. The molecule has 186 valence electrons. The van der Waals surface area contributed by atoms with Crippen LogP contribution in [-0.2, 0) is 14.1 Å². The van der Waals surface area contributed by atoms with Gasteiger partial charge < -0.3 is 14.8 Å². The second kappa shape index (κ2) is 8.27. The Balaban J connectivity index is 1.80. The van der Waals surface area contributed by atoms with Crippen LogP contribution < -0.4 is 21.5 Å². The minimum atomic E-state index is -0.345. The Morgan fingerprint density at radius 1 is 0.865 bits per heavy atom. The van der Waals surface area contributed by atoms with Crippen LogP contribution in [0.15, 0.2) is 82.4 Å². The lowest BCUT2D eigenvalue weighted by Gasteiger charge is -2.31. The third-order valence-corrected chi connectivity index (χ3v) is 7.36. The molecule has 1 N–H and O–H groups in total. The molecular weight excluding hydrogens is 462 g/mol. The Hall–Kier alpha value is -4.52. The van der Waals surface area contributed by atoms with Crippen LogP contribution in [-0.4, -0.2) is 27.8 Å². The molecule has 0 aliphatic carbocycles. The standard InChI is InChI=1S/C30H29N5O2/c1-18-9-8-10-20(17-18)26-24-27(33(4)30(37)34(5)29(24)36)28-25(19-13-15-21(16-14-19)32(2)3)31-22-11-6-7-12-23(22)35(26)28/h6-17,25,31H,1-5H3/t25-/m0/s1. The molecule has 6 rings (SSSR count). The van der Waals surface area contributed by atoms with Crippen LogP contribution in [0.3, 0.4) is 0 Å². The number of hydrogen-bond donors (Lipinski definition) is 1. The predicted octanol–water partition coefficient (Wildman–Crippen LogP) is 4.58. The van der Waals surface area contributed by atoms with Gasteiger partial charge in [0.1, 0.15) is 0 Å². The second-order valence-electron chi connectivity index (χ2n) is 9.95. The zero-order valence-electron chi connectivity index (χ0n) is 21.6. The maximum Gasteiger partial charge on any atom is 0.331 e. The SMILES string of the molecule is Cc1cccc(-c2c3c(=O)n(C)c(=O)n(C)c3c3n2-c2ccccc2N[C@H]3c2ccc(N(C)C)cc2)c1. The number of fused-ring (bicyclic) bond motifs is 5. The van der Waals surface area contributed by atoms with Gasteiger partial charge in [0.25, 0.3) is 5.56 Å². The molecule has 0 saturated carbocycles. The number of benzene rings is 3. The summed E-state index contributed by atoms with van der Waals surface area (Å²) in [6, 6.07) is 24.4. The van der Waals surface area contributed by atoms with Crippen molar-refractivity contribution in [2.75, 3.05) is 24.3 Å². The van der Waals surface area contributed by atoms with Crippen molar-refractivity contribution in [2.24, 2.45) is 14.1 Å². The van der Waals surface area contributed by atoms with E-state index in [4.69, 9.17) is 0 Å². The molecule has 2 aromatic heterocycles. The molecule has 5 aromatic rings. The maximum atomic E-state index is 13.8. The van der Waals surface area contributed by atoms with Crippen LogP contribution in [0, 0.1) is 6.92 Å². The first kappa shape index (κ1) is 22.9. The molecule has 7 nitrogen and oxygen atoms in total. The molecule has 1 aliphatic heterocycles. The molecule has 0 fully saturated rings. The largest absolute Gasteiger partial charge is 0.378 e. The molecule has 0 bridgehead atoms. The van der Waals surface area contributed by atoms with Crippen LogP contribution in [0.25, 0.3) is 27.8 Å². The van der Waals surface area contributed by atoms with E-state index in [1.54, 1.807) is 18.7 Å². The second-order valence-corrected chi connectivity index (χ2v) is 9.95. The summed E-state index contributed by atoms with van der Waals surface area (Å²) in [4.78, 5) is 29.0. The Kier molecular flexibility index (Phi) is 5.12. The van der Waals surface area contributed by atoms with Crippen molar-refractivity contribution in [3.8, 4) is 16.9 Å². The number of aryl methyl sites for hydroxylation is 2. The summed E-state index contributed by atoms with van der Waals surface area (Å²) in [6.07, 6.45) is 0. The fraction of sp³-hybridized carbons (Fsp3) is 0.200. The van der Waals surface area contributed by atoms with Gasteiger partial charge in [-0.15, -0.1) is 0 Å². The van der Waals surface area contributed by atoms with Gasteiger partial charge in [-0.1, -0.05) is 48.0 Å². The summed E-state index contributed by atoms with van der Waals surface area (Å²) < 4.78 is 4.99. The molecule has 1 aliphatic rings. The highest BCUT2D eigenvalue weighted by molar-refractivity contribution is 5.99. The van der Waals surface area contributed by atoms with Gasteiger partial charge in [-0.25, -0.2) is 4.79 Å². The van der Waals surface area contributed by atoms with Crippen LogP contribution in [0.1, 0.15) is 22.9 Å². The van der Waals surface area contributed by atoms with Gasteiger partial charge >= 0.3 is 5.69 Å². The first-order valence-corrected chi connectivity index (χ1v) is 12.3. The topological polar surface area (TPSA) is 64.2 Å². The van der Waals surface area contributed by atoms with Crippen LogP contribution in [0.4, 0.5) is 11.4 Å². The van der Waals surface area contributed by atoms with E-state index >= 15 is 0 Å². The van der Waals surface area contributed by atoms with Crippen molar-refractivity contribution >= 4 is 22.3 Å². The Bertz CT molecular complexity index is 1810. The number of aromatic nitrogens is 3. The van der Waals surface area contributed by atoms with Crippen molar-refractivity contribution in [1.29, 1.82) is 0 Å². The molecule has 0 spiro atoms. The lowest BCUT2D eigenvalue weighted by atomic mass is 9.99. The van der Waals surface area contributed by atoms with Gasteiger partial charge in [0.2, 0.25) is 0 Å². The summed E-state index contributed by atoms with van der Waals surface area (Å²) in [6.45, 7) is 2.05. The number of hydrogen-bond acceptors (Lipinski definition) is 4. The Labute approximate surface area is 214 Å². The highest BCUT2D eigenvalue weighted by Gasteiger charge is 2.34. The normalized spacial score (nSPS) is 14.2. The molecule has 3 aromatic carbocycles. The van der Waals surface area contributed by atoms with E-state index < -0.39 is 0 Å². The fourth-order valence-corrected chi connectivity index (χ4v) is 5.50. The van der Waals surface area contributed by atoms with Crippen molar-refractivity contribution in [3.63, 3.8) is 0 Å². The van der Waals surface area contributed by atoms with E-state index in [2.05, 4.69) is 57.2 Å². The molecule has 0 amide bonds. The molecule has 3 heterocycles. The van der Waals surface area contributed by atoms with E-state index in [1.807, 2.05) is 51.4 Å². The summed E-state index contributed by atoms with van der Waals surface area (Å²) in [5.74, 6) is 0. The third-order valence-electron chi connectivity index (χ3n) is 7.36. The van der Waals surface area contributed by atoms with Gasteiger partial charge in [0, 0.05) is 33.9 Å². The van der Waals surface area contributed by atoms with Crippen LogP contribution in [0.2, 0.25) is 0 Å². The number of rotatable bonds is 3. The van der Waals surface area contributed by atoms with Gasteiger partial charge in [0.15, 0.2) is 0 Å². The van der Waals surface area contributed by atoms with Crippen molar-refractivity contribution in [3.05, 3.63) is 110 Å². The molecule has 0 radical (unpaired) electrons. The average Bonchev–Trinajstić information content (AvgIpc) is 3.27. The number of nitrogens with one attached hydrogen (secondary N) is 1. The highest BCUT2D eigenvalue weighted by Crippen LogP contribution is 2.45. The van der Waals surface area contributed by atoms with E-state index in [-0.39, 0.29) is 17.3 Å². The molecule has 0 saturated heterocycles. The van der Waals surface area contributed by atoms with Crippen molar-refractivity contribution in [1.82, 2.24) is 13.7 Å². The Morgan fingerprint density at radius 3 is 2.30 bits per heavy atom. The minimum Gasteiger partial charge on any atom is -0.378 e. The third kappa shape index (κ3) is 3.34. The van der Waals surface area contributed by atoms with Gasteiger partial charge in [-0.2, -0.15) is 0 Å². The van der Waals surface area contributed by atoms with E-state index in [1.165, 1.54) is 4.57 Å². The molecule has 37 heavy (non-hydrogen) atoms. The zero-order valence-corrected chi connectivity index (χ0v) is 21.6. The minimum absolute atomic E-state index is 0.273.